The van der Waals surface area contributed by atoms with Crippen LogP contribution in [-0.4, -0.2) is 24.0 Å². The Morgan fingerprint density at radius 3 is 2.54 bits per heavy atom. The molecule has 2 rings (SSSR count). The molecule has 0 fully saturated rings. The molecule has 24 heavy (non-hydrogen) atoms. The molecule has 1 aromatic carbocycles. The van der Waals surface area contributed by atoms with E-state index >= 15 is 0 Å². The Labute approximate surface area is 144 Å². The van der Waals surface area contributed by atoms with Crippen LogP contribution in [0.5, 0.6) is 5.75 Å². The molecule has 0 aliphatic rings. The monoisotopic (exact) mass is 348 g/mol. The molecule has 128 valence electrons. The molecule has 0 aliphatic heterocycles. The number of methoxy groups -OCH3 is 1. The van der Waals surface area contributed by atoms with Crippen LogP contribution in [0.4, 0.5) is 21.3 Å². The summed E-state index contributed by atoms with van der Waals surface area (Å²) in [6, 6.07) is 4.57. The number of carbonyl (C=O) groups is 2. The maximum atomic E-state index is 12.1. The van der Waals surface area contributed by atoms with Crippen molar-refractivity contribution in [1.82, 2.24) is 4.98 Å². The average Bonchev–Trinajstić information content (AvgIpc) is 2.96. The molecular weight excluding hydrogens is 328 g/mol. The maximum Gasteiger partial charge on any atom is 0.325 e. The van der Waals surface area contributed by atoms with E-state index in [1.807, 2.05) is 0 Å². The Balaban J connectivity index is 2.04. The second kappa shape index (κ2) is 7.78. The highest BCUT2D eigenvalue weighted by molar-refractivity contribution is 7.15. The summed E-state index contributed by atoms with van der Waals surface area (Å²) in [4.78, 5) is 28.5. The number of hydrogen-bond donors (Lipinski definition) is 3. The fourth-order valence-electron chi connectivity index (χ4n) is 1.93. The average molecular weight is 348 g/mol. The summed E-state index contributed by atoms with van der Waals surface area (Å²) in [5.41, 5.74) is 1.08. The van der Waals surface area contributed by atoms with Crippen molar-refractivity contribution in [3.8, 4) is 5.75 Å². The van der Waals surface area contributed by atoms with Gasteiger partial charge in [-0.1, -0.05) is 13.8 Å². The second-order valence-electron chi connectivity index (χ2n) is 5.40. The van der Waals surface area contributed by atoms with Gasteiger partial charge in [-0.3, -0.25) is 10.1 Å². The smallest absolute Gasteiger partial charge is 0.325 e. The number of nitrogens with one attached hydrogen (secondary N) is 3. The number of rotatable bonds is 5. The molecule has 0 spiro atoms. The molecule has 3 amide bonds. The van der Waals surface area contributed by atoms with Gasteiger partial charge in [0, 0.05) is 29.8 Å². The number of hydrogen-bond acceptors (Lipinski definition) is 5. The van der Waals surface area contributed by atoms with Crippen molar-refractivity contribution in [3.05, 3.63) is 29.3 Å². The number of aromatic nitrogens is 1. The molecule has 3 N–H and O–H groups in total. The summed E-state index contributed by atoms with van der Waals surface area (Å²) in [7, 11) is 1.49. The van der Waals surface area contributed by atoms with Crippen LogP contribution < -0.4 is 20.7 Å². The summed E-state index contributed by atoms with van der Waals surface area (Å²) in [6.07, 6.45) is 1.76. The summed E-state index contributed by atoms with van der Waals surface area (Å²) in [5, 5.41) is 8.60. The molecule has 8 heteroatoms. The van der Waals surface area contributed by atoms with Crippen molar-refractivity contribution < 1.29 is 14.3 Å². The van der Waals surface area contributed by atoms with E-state index in [1.165, 1.54) is 25.4 Å². The highest BCUT2D eigenvalue weighted by Crippen LogP contribution is 2.28. The van der Waals surface area contributed by atoms with Crippen molar-refractivity contribution in [2.75, 3.05) is 23.1 Å². The van der Waals surface area contributed by atoms with Gasteiger partial charge in [-0.25, -0.2) is 9.78 Å². The molecule has 0 atom stereocenters. The maximum absolute atomic E-state index is 12.1. The van der Waals surface area contributed by atoms with Crippen LogP contribution in [0.3, 0.4) is 0 Å². The first-order chi connectivity index (χ1) is 11.4. The summed E-state index contributed by atoms with van der Waals surface area (Å²) < 4.78 is 5.22. The Hall–Kier alpha value is -2.61. The Morgan fingerprint density at radius 2 is 1.96 bits per heavy atom. The SMILES string of the molecule is COc1cc(NC(=O)Nc2ncc(C(C)C)s2)ccc1NC(C)=O. The Morgan fingerprint density at radius 1 is 1.21 bits per heavy atom. The van der Waals surface area contributed by atoms with E-state index in [4.69, 9.17) is 4.74 Å². The van der Waals surface area contributed by atoms with Crippen LogP contribution in [0.2, 0.25) is 0 Å². The second-order valence-corrected chi connectivity index (χ2v) is 6.46. The Kier molecular flexibility index (Phi) is 5.75. The molecule has 0 unspecified atom stereocenters. The highest BCUT2D eigenvalue weighted by Gasteiger charge is 2.11. The van der Waals surface area contributed by atoms with E-state index in [0.717, 1.165) is 4.88 Å². The van der Waals surface area contributed by atoms with E-state index < -0.39 is 6.03 Å². The third kappa shape index (κ3) is 4.69. The van der Waals surface area contributed by atoms with Crippen molar-refractivity contribution >= 4 is 39.8 Å². The van der Waals surface area contributed by atoms with Gasteiger partial charge in [0.15, 0.2) is 5.13 Å². The molecule has 0 saturated carbocycles. The number of benzene rings is 1. The van der Waals surface area contributed by atoms with E-state index in [9.17, 15) is 9.59 Å². The van der Waals surface area contributed by atoms with Gasteiger partial charge in [0.25, 0.3) is 0 Å². The Bertz CT molecular complexity index is 743. The van der Waals surface area contributed by atoms with E-state index in [1.54, 1.807) is 24.4 Å². The third-order valence-corrected chi connectivity index (χ3v) is 4.30. The lowest BCUT2D eigenvalue weighted by Crippen LogP contribution is -2.19. The van der Waals surface area contributed by atoms with E-state index in [-0.39, 0.29) is 5.91 Å². The van der Waals surface area contributed by atoms with Gasteiger partial charge >= 0.3 is 6.03 Å². The minimum atomic E-state index is -0.394. The molecule has 2 aromatic rings. The molecule has 1 aromatic heterocycles. The van der Waals surface area contributed by atoms with Crippen LogP contribution >= 0.6 is 11.3 Å². The standard InChI is InChI=1S/C16H20N4O3S/c1-9(2)14-8-17-16(24-14)20-15(22)19-11-5-6-12(18-10(3)21)13(7-11)23-4/h5-9H,1-4H3,(H,18,21)(H2,17,19,20,22). The van der Waals surface area contributed by atoms with Gasteiger partial charge in [-0.2, -0.15) is 0 Å². The first kappa shape index (κ1) is 17.7. The predicted molar refractivity (Wildman–Crippen MR) is 96.1 cm³/mol. The number of amides is 3. The van der Waals surface area contributed by atoms with Gasteiger partial charge in [0.1, 0.15) is 5.75 Å². The molecule has 0 saturated heterocycles. The van der Waals surface area contributed by atoms with Gasteiger partial charge in [0.2, 0.25) is 5.91 Å². The lowest BCUT2D eigenvalue weighted by molar-refractivity contribution is -0.114. The normalized spacial score (nSPS) is 10.4. The largest absolute Gasteiger partial charge is 0.494 e. The molecule has 0 aliphatic carbocycles. The van der Waals surface area contributed by atoms with Crippen molar-refractivity contribution in [3.63, 3.8) is 0 Å². The first-order valence-electron chi connectivity index (χ1n) is 7.38. The third-order valence-electron chi connectivity index (χ3n) is 3.08. The van der Waals surface area contributed by atoms with Crippen LogP contribution in [0.1, 0.15) is 31.6 Å². The van der Waals surface area contributed by atoms with E-state index in [2.05, 4.69) is 34.8 Å². The summed E-state index contributed by atoms with van der Waals surface area (Å²) >= 11 is 1.44. The van der Waals surface area contributed by atoms with Crippen molar-refractivity contribution in [1.29, 1.82) is 0 Å². The van der Waals surface area contributed by atoms with E-state index in [0.29, 0.717) is 28.2 Å². The molecule has 7 nitrogen and oxygen atoms in total. The number of carbonyl (C=O) groups excluding carboxylic acids is 2. The quantitative estimate of drug-likeness (QED) is 0.764. The minimum Gasteiger partial charge on any atom is -0.494 e. The fourth-order valence-corrected chi connectivity index (χ4v) is 2.75. The lowest BCUT2D eigenvalue weighted by atomic mass is 10.2. The number of anilines is 3. The number of nitrogens with zero attached hydrogens (tertiary/aromatic N) is 1. The zero-order chi connectivity index (χ0) is 17.7. The van der Waals surface area contributed by atoms with Crippen LogP contribution in [0, 0.1) is 0 Å². The van der Waals surface area contributed by atoms with Crippen LogP contribution in [-0.2, 0) is 4.79 Å². The molecule has 1 heterocycles. The fraction of sp³-hybridized carbons (Fsp3) is 0.312. The predicted octanol–water partition coefficient (Wildman–Crippen LogP) is 3.88. The number of urea groups is 1. The topological polar surface area (TPSA) is 92.3 Å². The summed E-state index contributed by atoms with van der Waals surface area (Å²) in [5.74, 6) is 0.627. The van der Waals surface area contributed by atoms with Gasteiger partial charge < -0.3 is 15.4 Å². The number of ether oxygens (including phenoxy) is 1. The zero-order valence-corrected chi connectivity index (χ0v) is 14.8. The van der Waals surface area contributed by atoms with Crippen LogP contribution in [0.15, 0.2) is 24.4 Å². The van der Waals surface area contributed by atoms with Gasteiger partial charge in [0.05, 0.1) is 12.8 Å². The highest BCUT2D eigenvalue weighted by atomic mass is 32.1. The summed E-state index contributed by atoms with van der Waals surface area (Å²) in [6.45, 7) is 5.55. The van der Waals surface area contributed by atoms with Gasteiger partial charge in [-0.15, -0.1) is 11.3 Å². The minimum absolute atomic E-state index is 0.198. The van der Waals surface area contributed by atoms with Crippen molar-refractivity contribution in [2.24, 2.45) is 0 Å². The molecule has 0 bridgehead atoms. The first-order valence-corrected chi connectivity index (χ1v) is 8.20. The van der Waals surface area contributed by atoms with Crippen LogP contribution in [0.25, 0.3) is 0 Å². The van der Waals surface area contributed by atoms with Crippen molar-refractivity contribution in [2.45, 2.75) is 26.7 Å². The lowest BCUT2D eigenvalue weighted by Gasteiger charge is -2.11. The molecular formula is C16H20N4O3S. The number of thiazole rings is 1. The van der Waals surface area contributed by atoms with Gasteiger partial charge in [-0.05, 0) is 18.1 Å². The zero-order valence-electron chi connectivity index (χ0n) is 14.0. The molecule has 0 radical (unpaired) electrons.